The third kappa shape index (κ3) is 8.02. The van der Waals surface area contributed by atoms with E-state index in [0.29, 0.717) is 0 Å². The van der Waals surface area contributed by atoms with Crippen molar-refractivity contribution in [2.45, 2.75) is 26.3 Å². The van der Waals surface area contributed by atoms with E-state index in [-0.39, 0.29) is 36.6 Å². The standard InChI is InChI=1S/C17H27N3O.2ClH/c1-2-18-10-11-19-17(21)16-9-6-12-20(14-16)13-15-7-4-3-5-8-15;;/h3-5,7-8,16,18H,2,6,9-14H2,1H3,(H,19,21);2*1H. The summed E-state index contributed by atoms with van der Waals surface area (Å²) in [5.74, 6) is 0.356. The van der Waals surface area contributed by atoms with Gasteiger partial charge in [-0.15, -0.1) is 24.8 Å². The van der Waals surface area contributed by atoms with Crippen LogP contribution in [0.5, 0.6) is 0 Å². The number of rotatable bonds is 7. The number of hydrogen-bond donors (Lipinski definition) is 2. The second kappa shape index (κ2) is 12.6. The third-order valence-electron chi connectivity index (χ3n) is 3.98. The molecule has 4 nitrogen and oxygen atoms in total. The Morgan fingerprint density at radius 1 is 1.22 bits per heavy atom. The largest absolute Gasteiger partial charge is 0.355 e. The van der Waals surface area contributed by atoms with Crippen LogP contribution in [0, 0.1) is 5.92 Å². The van der Waals surface area contributed by atoms with Gasteiger partial charge in [-0.3, -0.25) is 9.69 Å². The van der Waals surface area contributed by atoms with Crippen molar-refractivity contribution in [3.8, 4) is 0 Å². The molecule has 0 spiro atoms. The average Bonchev–Trinajstić information content (AvgIpc) is 2.53. The van der Waals surface area contributed by atoms with Crippen LogP contribution < -0.4 is 10.6 Å². The van der Waals surface area contributed by atoms with Gasteiger partial charge in [0.2, 0.25) is 5.91 Å². The predicted molar refractivity (Wildman–Crippen MR) is 100 cm³/mol. The van der Waals surface area contributed by atoms with Gasteiger partial charge >= 0.3 is 0 Å². The first kappa shape index (κ1) is 22.2. The van der Waals surface area contributed by atoms with Gasteiger partial charge in [0.15, 0.2) is 0 Å². The van der Waals surface area contributed by atoms with Crippen LogP contribution in [0.2, 0.25) is 0 Å². The molecule has 1 unspecified atom stereocenters. The molecule has 2 N–H and O–H groups in total. The Hall–Kier alpha value is -0.810. The van der Waals surface area contributed by atoms with Crippen LogP contribution in [0.3, 0.4) is 0 Å². The lowest BCUT2D eigenvalue weighted by Crippen LogP contribution is -2.44. The number of amides is 1. The number of carbonyl (C=O) groups excluding carboxylic acids is 1. The van der Waals surface area contributed by atoms with Gasteiger partial charge in [-0.25, -0.2) is 0 Å². The molecule has 0 aliphatic carbocycles. The van der Waals surface area contributed by atoms with Gasteiger partial charge in [-0.2, -0.15) is 0 Å². The summed E-state index contributed by atoms with van der Waals surface area (Å²) in [7, 11) is 0. The average molecular weight is 362 g/mol. The molecular formula is C17H29Cl2N3O. The number of nitrogens with zero attached hydrogens (tertiary/aromatic N) is 1. The number of benzene rings is 1. The third-order valence-corrected chi connectivity index (χ3v) is 3.98. The minimum Gasteiger partial charge on any atom is -0.355 e. The van der Waals surface area contributed by atoms with E-state index in [1.54, 1.807) is 0 Å². The minimum atomic E-state index is 0. The Bertz CT molecular complexity index is 431. The summed E-state index contributed by atoms with van der Waals surface area (Å²) < 4.78 is 0. The Balaban J connectivity index is 0.00000242. The summed E-state index contributed by atoms with van der Waals surface area (Å²) >= 11 is 0. The molecule has 0 bridgehead atoms. The van der Waals surface area contributed by atoms with Crippen LogP contribution in [-0.2, 0) is 11.3 Å². The molecule has 1 aromatic carbocycles. The minimum absolute atomic E-state index is 0. The zero-order valence-corrected chi connectivity index (χ0v) is 15.4. The first-order valence-corrected chi connectivity index (χ1v) is 8.04. The maximum atomic E-state index is 12.2. The first-order valence-electron chi connectivity index (χ1n) is 8.04. The van der Waals surface area contributed by atoms with Crippen molar-refractivity contribution in [3.63, 3.8) is 0 Å². The number of halogens is 2. The fourth-order valence-corrected chi connectivity index (χ4v) is 2.85. The number of likely N-dealkylation sites (N-methyl/N-ethyl adjacent to an activating group) is 1. The van der Waals surface area contributed by atoms with Crippen molar-refractivity contribution in [2.24, 2.45) is 5.92 Å². The number of carbonyl (C=O) groups is 1. The Kier molecular flexibility index (Phi) is 12.1. The highest BCUT2D eigenvalue weighted by Gasteiger charge is 2.25. The van der Waals surface area contributed by atoms with E-state index in [4.69, 9.17) is 0 Å². The van der Waals surface area contributed by atoms with E-state index < -0.39 is 0 Å². The van der Waals surface area contributed by atoms with Gasteiger partial charge in [0.1, 0.15) is 0 Å². The quantitative estimate of drug-likeness (QED) is 0.733. The molecule has 0 saturated carbocycles. The molecule has 132 valence electrons. The molecule has 1 fully saturated rings. The zero-order valence-electron chi connectivity index (χ0n) is 13.8. The highest BCUT2D eigenvalue weighted by molar-refractivity contribution is 5.85. The molecule has 1 amide bonds. The highest BCUT2D eigenvalue weighted by atomic mass is 35.5. The number of hydrogen-bond acceptors (Lipinski definition) is 3. The van der Waals surface area contributed by atoms with Crippen LogP contribution in [0.15, 0.2) is 30.3 Å². The normalized spacial score (nSPS) is 17.7. The topological polar surface area (TPSA) is 44.4 Å². The van der Waals surface area contributed by atoms with E-state index >= 15 is 0 Å². The van der Waals surface area contributed by atoms with Crippen LogP contribution >= 0.6 is 24.8 Å². The molecule has 0 radical (unpaired) electrons. The van der Waals surface area contributed by atoms with Crippen molar-refractivity contribution in [1.29, 1.82) is 0 Å². The fraction of sp³-hybridized carbons (Fsp3) is 0.588. The summed E-state index contributed by atoms with van der Waals surface area (Å²) in [6.07, 6.45) is 2.12. The fourth-order valence-electron chi connectivity index (χ4n) is 2.85. The number of nitrogens with one attached hydrogen (secondary N) is 2. The molecule has 1 aliphatic heterocycles. The van der Waals surface area contributed by atoms with Crippen LogP contribution in [-0.4, -0.2) is 43.5 Å². The Labute approximate surface area is 152 Å². The van der Waals surface area contributed by atoms with E-state index in [0.717, 1.165) is 52.1 Å². The molecule has 1 aromatic rings. The predicted octanol–water partition coefficient (Wildman–Crippen LogP) is 2.47. The van der Waals surface area contributed by atoms with Crippen molar-refractivity contribution in [2.75, 3.05) is 32.7 Å². The molecule has 1 saturated heterocycles. The van der Waals surface area contributed by atoms with Crippen LogP contribution in [0.1, 0.15) is 25.3 Å². The SMILES string of the molecule is CCNCCNC(=O)C1CCCN(Cc2ccccc2)C1.Cl.Cl. The van der Waals surface area contributed by atoms with Gasteiger partial charge < -0.3 is 10.6 Å². The zero-order chi connectivity index (χ0) is 14.9. The second-order valence-electron chi connectivity index (χ2n) is 5.70. The maximum Gasteiger partial charge on any atom is 0.224 e. The number of likely N-dealkylation sites (tertiary alicyclic amines) is 1. The van der Waals surface area contributed by atoms with Crippen LogP contribution in [0.25, 0.3) is 0 Å². The summed E-state index contributed by atoms with van der Waals surface area (Å²) in [6, 6.07) is 10.5. The lowest BCUT2D eigenvalue weighted by Gasteiger charge is -2.32. The lowest BCUT2D eigenvalue weighted by molar-refractivity contribution is -0.126. The summed E-state index contributed by atoms with van der Waals surface area (Å²) in [5.41, 5.74) is 1.32. The van der Waals surface area contributed by atoms with Crippen molar-refractivity contribution < 1.29 is 4.79 Å². The van der Waals surface area contributed by atoms with Crippen molar-refractivity contribution in [3.05, 3.63) is 35.9 Å². The van der Waals surface area contributed by atoms with Gasteiger partial charge in [0, 0.05) is 26.2 Å². The molecule has 0 aromatic heterocycles. The second-order valence-corrected chi connectivity index (χ2v) is 5.70. The maximum absolute atomic E-state index is 12.2. The van der Waals surface area contributed by atoms with Gasteiger partial charge in [-0.05, 0) is 31.5 Å². The van der Waals surface area contributed by atoms with Crippen molar-refractivity contribution in [1.82, 2.24) is 15.5 Å². The van der Waals surface area contributed by atoms with Crippen molar-refractivity contribution >= 4 is 30.7 Å². The Morgan fingerprint density at radius 3 is 2.65 bits per heavy atom. The summed E-state index contributed by atoms with van der Waals surface area (Å²) in [5, 5.41) is 6.27. The smallest absolute Gasteiger partial charge is 0.224 e. The highest BCUT2D eigenvalue weighted by Crippen LogP contribution is 2.18. The van der Waals surface area contributed by atoms with E-state index in [1.807, 2.05) is 6.07 Å². The lowest BCUT2D eigenvalue weighted by atomic mass is 9.96. The van der Waals surface area contributed by atoms with E-state index in [9.17, 15) is 4.79 Å². The van der Waals surface area contributed by atoms with E-state index in [2.05, 4.69) is 46.7 Å². The first-order chi connectivity index (χ1) is 10.3. The molecule has 1 atom stereocenters. The molecule has 1 heterocycles. The summed E-state index contributed by atoms with van der Waals surface area (Å²) in [6.45, 7) is 7.51. The molecule has 2 rings (SSSR count). The van der Waals surface area contributed by atoms with E-state index in [1.165, 1.54) is 5.56 Å². The van der Waals surface area contributed by atoms with Gasteiger partial charge in [0.05, 0.1) is 5.92 Å². The number of piperidine rings is 1. The monoisotopic (exact) mass is 361 g/mol. The van der Waals surface area contributed by atoms with Crippen LogP contribution in [0.4, 0.5) is 0 Å². The molecular weight excluding hydrogens is 333 g/mol. The van der Waals surface area contributed by atoms with Gasteiger partial charge in [-0.1, -0.05) is 37.3 Å². The molecule has 23 heavy (non-hydrogen) atoms. The molecule has 6 heteroatoms. The summed E-state index contributed by atoms with van der Waals surface area (Å²) in [4.78, 5) is 14.6. The van der Waals surface area contributed by atoms with Gasteiger partial charge in [0.25, 0.3) is 0 Å². The Morgan fingerprint density at radius 2 is 1.96 bits per heavy atom. The molecule has 1 aliphatic rings.